The molecule has 0 spiro atoms. The molecule has 1 N–H and O–H groups in total. The molecule has 2 aliphatic rings. The Labute approximate surface area is 84.1 Å². The van der Waals surface area contributed by atoms with E-state index in [9.17, 15) is 0 Å². The number of rotatable bonds is 1. The van der Waals surface area contributed by atoms with Crippen molar-refractivity contribution in [3.63, 3.8) is 0 Å². The Morgan fingerprint density at radius 1 is 1.43 bits per heavy atom. The first-order valence-corrected chi connectivity index (χ1v) is 5.29. The van der Waals surface area contributed by atoms with Gasteiger partial charge in [-0.15, -0.1) is 0 Å². The van der Waals surface area contributed by atoms with Crippen LogP contribution in [0.3, 0.4) is 0 Å². The summed E-state index contributed by atoms with van der Waals surface area (Å²) >= 11 is 0. The molecule has 1 saturated heterocycles. The molecule has 1 aliphatic carbocycles. The molecular formula is C12H14N2. The third-order valence-corrected chi connectivity index (χ3v) is 3.30. The average Bonchev–Trinajstić information content (AvgIpc) is 2.21. The van der Waals surface area contributed by atoms with E-state index in [2.05, 4.69) is 22.4 Å². The normalized spacial score (nSPS) is 30.1. The van der Waals surface area contributed by atoms with Crippen molar-refractivity contribution >= 4 is 5.57 Å². The fourth-order valence-electron chi connectivity index (χ4n) is 2.45. The Hall–Kier alpha value is -1.15. The quantitative estimate of drug-likeness (QED) is 0.724. The molecule has 2 atom stereocenters. The standard InChI is InChI=1S/C12H14N2/c1-3-10-8-14-12(10)11(5-1)9-4-2-6-13-7-9/h2,4-7,10,12,14H,1,3,8H2. The molecule has 2 unspecified atom stereocenters. The Kier molecular flexibility index (Phi) is 1.88. The number of pyridine rings is 1. The molecule has 1 aromatic heterocycles. The Morgan fingerprint density at radius 3 is 3.14 bits per heavy atom. The second-order valence-electron chi connectivity index (χ2n) is 4.12. The molecule has 0 bridgehead atoms. The van der Waals surface area contributed by atoms with E-state index >= 15 is 0 Å². The van der Waals surface area contributed by atoms with Gasteiger partial charge in [-0.05, 0) is 36.0 Å². The van der Waals surface area contributed by atoms with E-state index in [0.717, 1.165) is 5.92 Å². The third kappa shape index (κ3) is 1.18. The number of aromatic nitrogens is 1. The van der Waals surface area contributed by atoms with Crippen molar-refractivity contribution in [3.8, 4) is 0 Å². The van der Waals surface area contributed by atoms with Gasteiger partial charge < -0.3 is 5.32 Å². The lowest BCUT2D eigenvalue weighted by Gasteiger charge is -2.42. The lowest BCUT2D eigenvalue weighted by atomic mass is 9.76. The molecule has 0 amide bonds. The summed E-state index contributed by atoms with van der Waals surface area (Å²) in [5, 5.41) is 3.50. The van der Waals surface area contributed by atoms with Gasteiger partial charge in [0.1, 0.15) is 0 Å². The van der Waals surface area contributed by atoms with E-state index in [4.69, 9.17) is 0 Å². The molecule has 1 fully saturated rings. The fourth-order valence-corrected chi connectivity index (χ4v) is 2.45. The van der Waals surface area contributed by atoms with Crippen molar-refractivity contribution in [2.75, 3.05) is 6.54 Å². The fraction of sp³-hybridized carbons (Fsp3) is 0.417. The first-order valence-electron chi connectivity index (χ1n) is 5.29. The summed E-state index contributed by atoms with van der Waals surface area (Å²) in [5.41, 5.74) is 2.75. The monoisotopic (exact) mass is 186 g/mol. The zero-order valence-corrected chi connectivity index (χ0v) is 8.11. The van der Waals surface area contributed by atoms with Crippen LogP contribution >= 0.6 is 0 Å². The van der Waals surface area contributed by atoms with E-state index in [1.807, 2.05) is 18.5 Å². The molecule has 0 radical (unpaired) electrons. The Balaban J connectivity index is 1.94. The lowest BCUT2D eigenvalue weighted by molar-refractivity contribution is 0.262. The van der Waals surface area contributed by atoms with E-state index in [-0.39, 0.29) is 0 Å². The molecule has 2 nitrogen and oxygen atoms in total. The van der Waals surface area contributed by atoms with E-state index < -0.39 is 0 Å². The zero-order valence-electron chi connectivity index (χ0n) is 8.11. The lowest BCUT2D eigenvalue weighted by Crippen LogP contribution is -2.54. The Bertz CT molecular complexity index is 356. The molecule has 2 heterocycles. The summed E-state index contributed by atoms with van der Waals surface area (Å²) in [4.78, 5) is 4.17. The largest absolute Gasteiger partial charge is 0.309 e. The van der Waals surface area contributed by atoms with Crippen molar-refractivity contribution < 1.29 is 0 Å². The molecule has 1 aliphatic heterocycles. The van der Waals surface area contributed by atoms with Gasteiger partial charge in [0.05, 0.1) is 0 Å². The summed E-state index contributed by atoms with van der Waals surface area (Å²) < 4.78 is 0. The minimum atomic E-state index is 0.605. The number of fused-ring (bicyclic) bond motifs is 1. The minimum Gasteiger partial charge on any atom is -0.309 e. The van der Waals surface area contributed by atoms with Crippen LogP contribution in [0.1, 0.15) is 18.4 Å². The molecule has 2 heteroatoms. The zero-order chi connectivity index (χ0) is 9.38. The molecule has 0 aromatic carbocycles. The highest BCUT2D eigenvalue weighted by Crippen LogP contribution is 2.35. The SMILES string of the molecule is C1=C(c2cccnc2)C2NCC2CC1. The number of hydrogen-bond donors (Lipinski definition) is 1. The molecule has 1 aromatic rings. The van der Waals surface area contributed by atoms with Gasteiger partial charge >= 0.3 is 0 Å². The maximum atomic E-state index is 4.17. The van der Waals surface area contributed by atoms with Crippen molar-refractivity contribution in [1.29, 1.82) is 0 Å². The van der Waals surface area contributed by atoms with Gasteiger partial charge in [-0.25, -0.2) is 0 Å². The van der Waals surface area contributed by atoms with Crippen LogP contribution in [0.2, 0.25) is 0 Å². The van der Waals surface area contributed by atoms with Gasteiger partial charge in [-0.2, -0.15) is 0 Å². The second-order valence-corrected chi connectivity index (χ2v) is 4.12. The maximum absolute atomic E-state index is 4.17. The maximum Gasteiger partial charge on any atom is 0.0364 e. The number of allylic oxidation sites excluding steroid dienone is 1. The van der Waals surface area contributed by atoms with E-state index in [1.165, 1.54) is 30.5 Å². The highest BCUT2D eigenvalue weighted by atomic mass is 15.0. The average molecular weight is 186 g/mol. The van der Waals surface area contributed by atoms with Crippen LogP contribution < -0.4 is 5.32 Å². The van der Waals surface area contributed by atoms with Gasteiger partial charge in [0, 0.05) is 25.0 Å². The van der Waals surface area contributed by atoms with Crippen LogP contribution in [-0.4, -0.2) is 17.6 Å². The summed E-state index contributed by atoms with van der Waals surface area (Å²) in [6.07, 6.45) is 8.74. The number of nitrogens with one attached hydrogen (secondary N) is 1. The summed E-state index contributed by atoms with van der Waals surface area (Å²) in [5.74, 6) is 0.871. The highest BCUT2D eigenvalue weighted by molar-refractivity contribution is 5.71. The van der Waals surface area contributed by atoms with Gasteiger partial charge in [-0.1, -0.05) is 12.1 Å². The predicted octanol–water partition coefficient (Wildman–Crippen LogP) is 1.85. The summed E-state index contributed by atoms with van der Waals surface area (Å²) in [6, 6.07) is 4.77. The van der Waals surface area contributed by atoms with Crippen LogP contribution in [0, 0.1) is 5.92 Å². The van der Waals surface area contributed by atoms with Crippen molar-refractivity contribution in [1.82, 2.24) is 10.3 Å². The summed E-state index contributed by atoms with van der Waals surface area (Å²) in [6.45, 7) is 1.20. The van der Waals surface area contributed by atoms with Gasteiger partial charge in [0.25, 0.3) is 0 Å². The topological polar surface area (TPSA) is 24.9 Å². The molecular weight excluding hydrogens is 172 g/mol. The van der Waals surface area contributed by atoms with Gasteiger partial charge in [0.2, 0.25) is 0 Å². The van der Waals surface area contributed by atoms with Crippen molar-refractivity contribution in [2.24, 2.45) is 5.92 Å². The minimum absolute atomic E-state index is 0.605. The molecule has 72 valence electrons. The Morgan fingerprint density at radius 2 is 2.43 bits per heavy atom. The molecule has 0 saturated carbocycles. The predicted molar refractivity (Wildman–Crippen MR) is 56.7 cm³/mol. The van der Waals surface area contributed by atoms with Crippen LogP contribution in [0.15, 0.2) is 30.6 Å². The summed E-state index contributed by atoms with van der Waals surface area (Å²) in [7, 11) is 0. The van der Waals surface area contributed by atoms with Crippen LogP contribution in [0.4, 0.5) is 0 Å². The highest BCUT2D eigenvalue weighted by Gasteiger charge is 2.35. The second kappa shape index (κ2) is 3.21. The van der Waals surface area contributed by atoms with Gasteiger partial charge in [-0.3, -0.25) is 4.98 Å². The smallest absolute Gasteiger partial charge is 0.0364 e. The van der Waals surface area contributed by atoms with Crippen molar-refractivity contribution in [2.45, 2.75) is 18.9 Å². The first-order chi connectivity index (χ1) is 6.95. The molecule has 14 heavy (non-hydrogen) atoms. The number of hydrogen-bond acceptors (Lipinski definition) is 2. The molecule has 3 rings (SSSR count). The van der Waals surface area contributed by atoms with E-state index in [1.54, 1.807) is 0 Å². The van der Waals surface area contributed by atoms with Crippen LogP contribution in [0.5, 0.6) is 0 Å². The number of nitrogens with zero attached hydrogens (tertiary/aromatic N) is 1. The van der Waals surface area contributed by atoms with E-state index in [0.29, 0.717) is 6.04 Å². The van der Waals surface area contributed by atoms with Gasteiger partial charge in [0.15, 0.2) is 0 Å². The van der Waals surface area contributed by atoms with Crippen molar-refractivity contribution in [3.05, 3.63) is 36.2 Å². The van der Waals surface area contributed by atoms with Crippen LogP contribution in [-0.2, 0) is 0 Å². The van der Waals surface area contributed by atoms with Crippen LogP contribution in [0.25, 0.3) is 5.57 Å². The third-order valence-electron chi connectivity index (χ3n) is 3.30. The first kappa shape index (κ1) is 8.18.